The van der Waals surface area contributed by atoms with Crippen molar-refractivity contribution in [3.63, 3.8) is 0 Å². The van der Waals surface area contributed by atoms with Crippen LogP contribution in [-0.4, -0.2) is 36.3 Å². The van der Waals surface area contributed by atoms with Crippen molar-refractivity contribution in [2.75, 3.05) is 13.6 Å². The van der Waals surface area contributed by atoms with E-state index in [2.05, 4.69) is 39.1 Å². The van der Waals surface area contributed by atoms with Gasteiger partial charge in [0.05, 0.1) is 6.54 Å². The molecular formula is C21H30N2O2. The van der Waals surface area contributed by atoms with Gasteiger partial charge in [0.25, 0.3) is 5.91 Å². The highest BCUT2D eigenvalue weighted by molar-refractivity contribution is 5.96. The van der Waals surface area contributed by atoms with Crippen LogP contribution in [0.4, 0.5) is 0 Å². The molecule has 4 heteroatoms. The fraction of sp³-hybridized carbons (Fsp3) is 0.619. The maximum Gasteiger partial charge on any atom is 0.254 e. The molecule has 3 rings (SSSR count). The van der Waals surface area contributed by atoms with Gasteiger partial charge >= 0.3 is 0 Å². The molecule has 2 amide bonds. The lowest BCUT2D eigenvalue weighted by molar-refractivity contribution is -0.121. The molecular weight excluding hydrogens is 312 g/mol. The molecule has 4 nitrogen and oxygen atoms in total. The molecule has 2 aliphatic rings. The number of rotatable bonds is 4. The summed E-state index contributed by atoms with van der Waals surface area (Å²) in [6, 6.07) is 6.40. The summed E-state index contributed by atoms with van der Waals surface area (Å²) in [5.74, 6) is -0.161. The minimum absolute atomic E-state index is 0.0715. The lowest BCUT2D eigenvalue weighted by Gasteiger charge is -2.42. The van der Waals surface area contributed by atoms with E-state index in [1.807, 2.05) is 12.1 Å². The Morgan fingerprint density at radius 3 is 2.28 bits per heavy atom. The SMILES string of the molecule is CN(CC(=O)NC1CC1)C(=O)c1ccc2c(c1)C(C)(C)CCC2(C)C. The number of fused-ring (bicyclic) bond motifs is 1. The van der Waals surface area contributed by atoms with Crippen molar-refractivity contribution in [2.45, 2.75) is 70.3 Å². The van der Waals surface area contributed by atoms with Crippen LogP contribution in [0.25, 0.3) is 0 Å². The van der Waals surface area contributed by atoms with Gasteiger partial charge in [0, 0.05) is 18.7 Å². The second-order valence-corrected chi connectivity index (χ2v) is 9.03. The number of hydrogen-bond donors (Lipinski definition) is 1. The van der Waals surface area contributed by atoms with Crippen molar-refractivity contribution in [1.29, 1.82) is 0 Å². The van der Waals surface area contributed by atoms with Gasteiger partial charge in [-0.05, 0) is 59.8 Å². The molecule has 2 aliphatic carbocycles. The summed E-state index contributed by atoms with van der Waals surface area (Å²) in [5, 5.41) is 2.93. The summed E-state index contributed by atoms with van der Waals surface area (Å²) in [6.45, 7) is 9.17. The Morgan fingerprint density at radius 1 is 1.08 bits per heavy atom. The van der Waals surface area contributed by atoms with Crippen molar-refractivity contribution in [1.82, 2.24) is 10.2 Å². The molecule has 0 unspecified atom stereocenters. The minimum atomic E-state index is -0.0899. The van der Waals surface area contributed by atoms with Crippen molar-refractivity contribution >= 4 is 11.8 Å². The maximum absolute atomic E-state index is 12.8. The molecule has 136 valence electrons. The Labute approximate surface area is 151 Å². The van der Waals surface area contributed by atoms with E-state index in [1.165, 1.54) is 16.0 Å². The van der Waals surface area contributed by atoms with Gasteiger partial charge in [-0.25, -0.2) is 0 Å². The molecule has 1 aromatic rings. The molecule has 0 bridgehead atoms. The van der Waals surface area contributed by atoms with Crippen LogP contribution in [0.3, 0.4) is 0 Å². The van der Waals surface area contributed by atoms with E-state index in [1.54, 1.807) is 7.05 Å². The van der Waals surface area contributed by atoms with E-state index in [4.69, 9.17) is 0 Å². The van der Waals surface area contributed by atoms with Gasteiger partial charge in [0.1, 0.15) is 0 Å². The molecule has 0 spiro atoms. The lowest BCUT2D eigenvalue weighted by atomic mass is 9.63. The van der Waals surface area contributed by atoms with E-state index in [0.29, 0.717) is 11.6 Å². The first-order chi connectivity index (χ1) is 11.6. The zero-order valence-corrected chi connectivity index (χ0v) is 16.1. The van der Waals surface area contributed by atoms with Crippen LogP contribution in [0.2, 0.25) is 0 Å². The zero-order valence-electron chi connectivity index (χ0n) is 16.1. The van der Waals surface area contributed by atoms with E-state index in [0.717, 1.165) is 25.7 Å². The lowest BCUT2D eigenvalue weighted by Crippen LogP contribution is -2.39. The van der Waals surface area contributed by atoms with Gasteiger partial charge in [-0.1, -0.05) is 33.8 Å². The van der Waals surface area contributed by atoms with Crippen LogP contribution < -0.4 is 5.32 Å². The second-order valence-electron chi connectivity index (χ2n) is 9.03. The fourth-order valence-corrected chi connectivity index (χ4v) is 3.73. The average Bonchev–Trinajstić information content (AvgIpc) is 3.34. The van der Waals surface area contributed by atoms with Crippen LogP contribution in [0.1, 0.15) is 74.9 Å². The molecule has 0 saturated heterocycles. The summed E-state index contributed by atoms with van der Waals surface area (Å²) in [5.41, 5.74) is 3.50. The predicted molar refractivity (Wildman–Crippen MR) is 99.9 cm³/mol. The highest BCUT2D eigenvalue weighted by Crippen LogP contribution is 2.45. The van der Waals surface area contributed by atoms with Crippen molar-refractivity contribution < 1.29 is 9.59 Å². The highest BCUT2D eigenvalue weighted by atomic mass is 16.2. The monoisotopic (exact) mass is 342 g/mol. The molecule has 1 saturated carbocycles. The molecule has 1 fully saturated rings. The largest absolute Gasteiger partial charge is 0.352 e. The molecule has 0 radical (unpaired) electrons. The van der Waals surface area contributed by atoms with Crippen LogP contribution >= 0.6 is 0 Å². The third kappa shape index (κ3) is 3.73. The van der Waals surface area contributed by atoms with E-state index in [9.17, 15) is 9.59 Å². The Bertz CT molecular complexity index is 702. The van der Waals surface area contributed by atoms with Gasteiger partial charge in [-0.15, -0.1) is 0 Å². The normalized spacial score (nSPS) is 20.5. The average molecular weight is 342 g/mol. The van der Waals surface area contributed by atoms with Gasteiger partial charge in [-0.3, -0.25) is 9.59 Å². The summed E-state index contributed by atoms with van der Waals surface area (Å²) < 4.78 is 0. The predicted octanol–water partition coefficient (Wildman–Crippen LogP) is 3.39. The molecule has 0 atom stereocenters. The number of hydrogen-bond acceptors (Lipinski definition) is 2. The Balaban J connectivity index is 1.80. The smallest absolute Gasteiger partial charge is 0.254 e. The highest BCUT2D eigenvalue weighted by Gasteiger charge is 2.37. The summed E-state index contributed by atoms with van der Waals surface area (Å²) in [4.78, 5) is 26.3. The number of benzene rings is 1. The van der Waals surface area contributed by atoms with Gasteiger partial charge in [0.2, 0.25) is 5.91 Å². The Morgan fingerprint density at radius 2 is 1.68 bits per heavy atom. The first-order valence-electron chi connectivity index (χ1n) is 9.30. The number of carbonyl (C=O) groups is 2. The number of carbonyl (C=O) groups excluding carboxylic acids is 2. The van der Waals surface area contributed by atoms with Crippen molar-refractivity contribution in [2.24, 2.45) is 0 Å². The van der Waals surface area contributed by atoms with E-state index in [-0.39, 0.29) is 29.2 Å². The fourth-order valence-electron chi connectivity index (χ4n) is 3.73. The van der Waals surface area contributed by atoms with Crippen molar-refractivity contribution in [3.8, 4) is 0 Å². The van der Waals surface area contributed by atoms with Crippen LogP contribution in [-0.2, 0) is 15.6 Å². The van der Waals surface area contributed by atoms with E-state index >= 15 is 0 Å². The number of nitrogens with one attached hydrogen (secondary N) is 1. The van der Waals surface area contributed by atoms with E-state index < -0.39 is 0 Å². The Kier molecular flexibility index (Phi) is 4.42. The molecule has 1 N–H and O–H groups in total. The van der Waals surface area contributed by atoms with Crippen molar-refractivity contribution in [3.05, 3.63) is 34.9 Å². The second kappa shape index (κ2) is 6.15. The Hall–Kier alpha value is -1.84. The maximum atomic E-state index is 12.8. The van der Waals surface area contributed by atoms with Gasteiger partial charge in [0.15, 0.2) is 0 Å². The molecule has 0 aliphatic heterocycles. The molecule has 0 aromatic heterocycles. The van der Waals surface area contributed by atoms with Crippen LogP contribution in [0.5, 0.6) is 0 Å². The molecule has 0 heterocycles. The standard InChI is InChI=1S/C21H30N2O2/c1-20(2)10-11-21(3,4)17-12-14(6-9-16(17)20)19(25)23(5)13-18(24)22-15-7-8-15/h6,9,12,15H,7-8,10-11,13H2,1-5H3,(H,22,24). The zero-order chi connectivity index (χ0) is 18.4. The summed E-state index contributed by atoms with van der Waals surface area (Å²) >= 11 is 0. The summed E-state index contributed by atoms with van der Waals surface area (Å²) in [7, 11) is 1.70. The first-order valence-corrected chi connectivity index (χ1v) is 9.30. The summed E-state index contributed by atoms with van der Waals surface area (Å²) in [6.07, 6.45) is 4.38. The number of amides is 2. The van der Waals surface area contributed by atoms with Gasteiger partial charge < -0.3 is 10.2 Å². The quantitative estimate of drug-likeness (QED) is 0.912. The topological polar surface area (TPSA) is 49.4 Å². The van der Waals surface area contributed by atoms with Crippen LogP contribution in [0, 0.1) is 0 Å². The van der Waals surface area contributed by atoms with Gasteiger partial charge in [-0.2, -0.15) is 0 Å². The third-order valence-electron chi connectivity index (χ3n) is 5.77. The van der Waals surface area contributed by atoms with Crippen LogP contribution in [0.15, 0.2) is 18.2 Å². The number of nitrogens with zero attached hydrogens (tertiary/aromatic N) is 1. The number of likely N-dealkylation sites (N-methyl/N-ethyl adjacent to an activating group) is 1. The molecule has 1 aromatic carbocycles. The third-order valence-corrected chi connectivity index (χ3v) is 5.77. The molecule has 25 heavy (non-hydrogen) atoms. The first kappa shape index (κ1) is 18.0. The minimum Gasteiger partial charge on any atom is -0.352 e.